The highest BCUT2D eigenvalue weighted by molar-refractivity contribution is 7.92. The molecular weight excluding hydrogens is 524 g/mol. The largest absolute Gasteiger partial charge is 0.457 e. The number of unbranched alkanes of at least 4 members (excludes halogenated alkanes) is 1. The van der Waals surface area contributed by atoms with Gasteiger partial charge in [0.25, 0.3) is 0 Å². The molecule has 1 saturated carbocycles. The molecule has 1 saturated heterocycles. The van der Waals surface area contributed by atoms with Crippen LogP contribution in [0.1, 0.15) is 76.7 Å². The van der Waals surface area contributed by atoms with Crippen LogP contribution in [0.25, 0.3) is 0 Å². The van der Waals surface area contributed by atoms with Crippen molar-refractivity contribution in [1.82, 2.24) is 15.5 Å². The number of piperidine rings is 1. The molecule has 9 heteroatoms. The minimum absolute atomic E-state index is 0.0851. The molecule has 0 bridgehead atoms. The summed E-state index contributed by atoms with van der Waals surface area (Å²) in [5.74, 6) is 1.58. The minimum atomic E-state index is -3.30. The van der Waals surface area contributed by atoms with Crippen LogP contribution in [-0.4, -0.2) is 56.7 Å². The van der Waals surface area contributed by atoms with Gasteiger partial charge in [0.05, 0.1) is 12.3 Å². The van der Waals surface area contributed by atoms with Gasteiger partial charge in [0.15, 0.2) is 0 Å². The van der Waals surface area contributed by atoms with E-state index in [4.69, 9.17) is 4.74 Å². The number of carbonyl (C=O) groups excluding carboxylic acids is 1. The Morgan fingerprint density at radius 1 is 0.925 bits per heavy atom. The van der Waals surface area contributed by atoms with Gasteiger partial charge in [-0.1, -0.05) is 51.2 Å². The number of ether oxygens (including phenoxy) is 1. The molecule has 0 radical (unpaired) electrons. The second-order valence-electron chi connectivity index (χ2n) is 11.4. The number of hydrogen-bond acceptors (Lipinski definition) is 6. The zero-order valence-electron chi connectivity index (χ0n) is 24.0. The molecule has 3 N–H and O–H groups in total. The number of benzene rings is 2. The standard InChI is InChI=1S/C31H46N4O4S/c1-3-4-10-30(31(36)33-25-8-6-5-7-9-25)32-26-19-21-35(22-20-26)23-24-11-15-28(16-12-24)39-29-17-13-27(14-18-29)34-40(2,37)38/h11-18,25-26,30,32,34H,3-10,19-23H2,1-2H3,(H,33,36). The number of nitrogens with one attached hydrogen (secondary N) is 3. The van der Waals surface area contributed by atoms with Crippen molar-refractivity contribution in [3.05, 3.63) is 54.1 Å². The third-order valence-corrected chi connectivity index (χ3v) is 8.47. The maximum absolute atomic E-state index is 13.1. The Kier molecular flexibility index (Phi) is 11.3. The van der Waals surface area contributed by atoms with Crippen molar-refractivity contribution in [2.45, 2.75) is 95.8 Å². The second-order valence-corrected chi connectivity index (χ2v) is 13.1. The van der Waals surface area contributed by atoms with E-state index in [0.717, 1.165) is 76.6 Å². The number of likely N-dealkylation sites (tertiary alicyclic amines) is 1. The monoisotopic (exact) mass is 570 g/mol. The molecule has 1 heterocycles. The van der Waals surface area contributed by atoms with Crippen LogP contribution in [0.4, 0.5) is 5.69 Å². The lowest BCUT2D eigenvalue weighted by atomic mass is 9.95. The Balaban J connectivity index is 1.21. The molecule has 2 aliphatic rings. The fraction of sp³-hybridized carbons (Fsp3) is 0.581. The van der Waals surface area contributed by atoms with Crippen LogP contribution in [0.5, 0.6) is 11.5 Å². The SMILES string of the molecule is CCCCC(NC1CCN(Cc2ccc(Oc3ccc(NS(C)(=O)=O)cc3)cc2)CC1)C(=O)NC1CCCCC1. The highest BCUT2D eigenvalue weighted by Gasteiger charge is 2.27. The summed E-state index contributed by atoms with van der Waals surface area (Å²) in [4.78, 5) is 15.6. The molecule has 2 aromatic carbocycles. The molecule has 1 atom stereocenters. The molecule has 2 fully saturated rings. The molecule has 0 spiro atoms. The number of rotatable bonds is 13. The van der Waals surface area contributed by atoms with E-state index >= 15 is 0 Å². The van der Waals surface area contributed by atoms with Gasteiger partial charge >= 0.3 is 0 Å². The van der Waals surface area contributed by atoms with E-state index in [0.29, 0.717) is 23.5 Å². The van der Waals surface area contributed by atoms with Crippen LogP contribution in [0.2, 0.25) is 0 Å². The average Bonchev–Trinajstić information content (AvgIpc) is 2.94. The van der Waals surface area contributed by atoms with E-state index in [1.54, 1.807) is 24.3 Å². The molecule has 1 amide bonds. The van der Waals surface area contributed by atoms with Crippen LogP contribution in [0.15, 0.2) is 48.5 Å². The molecule has 4 rings (SSSR count). The van der Waals surface area contributed by atoms with E-state index in [1.807, 2.05) is 12.1 Å². The van der Waals surface area contributed by atoms with Gasteiger partial charge in [-0.2, -0.15) is 0 Å². The Morgan fingerprint density at radius 3 is 2.15 bits per heavy atom. The maximum Gasteiger partial charge on any atom is 0.237 e. The fourth-order valence-electron chi connectivity index (χ4n) is 5.65. The number of sulfonamides is 1. The molecule has 2 aromatic rings. The molecule has 1 aliphatic carbocycles. The Labute approximate surface area is 240 Å². The minimum Gasteiger partial charge on any atom is -0.457 e. The summed E-state index contributed by atoms with van der Waals surface area (Å²) >= 11 is 0. The van der Waals surface area contributed by atoms with Crippen molar-refractivity contribution < 1.29 is 17.9 Å². The molecular formula is C31H46N4O4S. The Morgan fingerprint density at radius 2 is 1.55 bits per heavy atom. The molecule has 0 aromatic heterocycles. The van der Waals surface area contributed by atoms with Crippen molar-refractivity contribution in [2.24, 2.45) is 0 Å². The number of amides is 1. The van der Waals surface area contributed by atoms with E-state index in [-0.39, 0.29) is 11.9 Å². The molecule has 1 unspecified atom stereocenters. The summed E-state index contributed by atoms with van der Waals surface area (Å²) < 4.78 is 31.1. The zero-order valence-corrected chi connectivity index (χ0v) is 24.8. The van der Waals surface area contributed by atoms with Gasteiger partial charge in [-0.15, -0.1) is 0 Å². The van der Waals surface area contributed by atoms with Gasteiger partial charge in [-0.3, -0.25) is 14.4 Å². The average molecular weight is 571 g/mol. The van der Waals surface area contributed by atoms with E-state index in [9.17, 15) is 13.2 Å². The van der Waals surface area contributed by atoms with Crippen LogP contribution in [0, 0.1) is 0 Å². The first-order valence-electron chi connectivity index (χ1n) is 14.9. The van der Waals surface area contributed by atoms with Gasteiger partial charge < -0.3 is 15.4 Å². The third kappa shape index (κ3) is 10.1. The van der Waals surface area contributed by atoms with Gasteiger partial charge in [-0.25, -0.2) is 8.42 Å². The maximum atomic E-state index is 13.1. The molecule has 1 aliphatic heterocycles. The lowest BCUT2D eigenvalue weighted by Gasteiger charge is -2.35. The molecule has 40 heavy (non-hydrogen) atoms. The smallest absolute Gasteiger partial charge is 0.237 e. The van der Waals surface area contributed by atoms with E-state index in [2.05, 4.69) is 39.3 Å². The number of carbonyl (C=O) groups is 1. The van der Waals surface area contributed by atoms with Gasteiger partial charge in [0.1, 0.15) is 11.5 Å². The Bertz CT molecular complexity index is 1160. The summed E-state index contributed by atoms with van der Waals surface area (Å²) in [6.45, 7) is 5.09. The number of hydrogen-bond donors (Lipinski definition) is 3. The first kappa shape index (κ1) is 30.3. The number of anilines is 1. The zero-order chi connectivity index (χ0) is 28.4. The summed E-state index contributed by atoms with van der Waals surface area (Å²) in [5.41, 5.74) is 1.74. The van der Waals surface area contributed by atoms with Crippen molar-refractivity contribution in [3.8, 4) is 11.5 Å². The van der Waals surface area contributed by atoms with Crippen LogP contribution < -0.4 is 20.1 Å². The first-order valence-corrected chi connectivity index (χ1v) is 16.8. The van der Waals surface area contributed by atoms with Crippen molar-refractivity contribution in [3.63, 3.8) is 0 Å². The Hall–Kier alpha value is -2.62. The molecule has 8 nitrogen and oxygen atoms in total. The second kappa shape index (κ2) is 14.8. The third-order valence-electron chi connectivity index (χ3n) is 7.86. The predicted molar refractivity (Wildman–Crippen MR) is 161 cm³/mol. The fourth-order valence-corrected chi connectivity index (χ4v) is 6.22. The van der Waals surface area contributed by atoms with Gasteiger partial charge in [0, 0.05) is 24.3 Å². The van der Waals surface area contributed by atoms with Crippen LogP contribution in [0.3, 0.4) is 0 Å². The number of nitrogens with zero attached hydrogens (tertiary/aromatic N) is 1. The summed E-state index contributed by atoms with van der Waals surface area (Å²) in [5, 5.41) is 7.06. The van der Waals surface area contributed by atoms with E-state index in [1.165, 1.54) is 24.8 Å². The predicted octanol–water partition coefficient (Wildman–Crippen LogP) is 5.41. The lowest BCUT2D eigenvalue weighted by Crippen LogP contribution is -2.53. The normalized spacial score (nSPS) is 18.2. The quantitative estimate of drug-likeness (QED) is 0.298. The highest BCUT2D eigenvalue weighted by Crippen LogP contribution is 2.25. The topological polar surface area (TPSA) is 99.8 Å². The van der Waals surface area contributed by atoms with Crippen molar-refractivity contribution in [1.29, 1.82) is 0 Å². The molecule has 220 valence electrons. The summed E-state index contributed by atoms with van der Waals surface area (Å²) in [7, 11) is -3.30. The van der Waals surface area contributed by atoms with Crippen molar-refractivity contribution >= 4 is 21.6 Å². The van der Waals surface area contributed by atoms with Crippen molar-refractivity contribution in [2.75, 3.05) is 24.1 Å². The highest BCUT2D eigenvalue weighted by atomic mass is 32.2. The lowest BCUT2D eigenvalue weighted by molar-refractivity contribution is -0.124. The van der Waals surface area contributed by atoms with Crippen LogP contribution in [-0.2, 0) is 21.4 Å². The van der Waals surface area contributed by atoms with Crippen LogP contribution >= 0.6 is 0 Å². The van der Waals surface area contributed by atoms with E-state index < -0.39 is 10.0 Å². The van der Waals surface area contributed by atoms with Gasteiger partial charge in [-0.05, 0) is 87.2 Å². The summed E-state index contributed by atoms with van der Waals surface area (Å²) in [6, 6.07) is 15.6. The van der Waals surface area contributed by atoms with Gasteiger partial charge in [0.2, 0.25) is 15.9 Å². The first-order chi connectivity index (χ1) is 19.3. The summed E-state index contributed by atoms with van der Waals surface area (Å²) in [6.07, 6.45) is 12.3.